The van der Waals surface area contributed by atoms with E-state index in [1.54, 1.807) is 0 Å². The maximum atomic E-state index is 11.8. The van der Waals surface area contributed by atoms with E-state index in [0.717, 1.165) is 4.47 Å². The lowest BCUT2D eigenvalue weighted by atomic mass is 10.3. The summed E-state index contributed by atoms with van der Waals surface area (Å²) in [6.07, 6.45) is 0. The van der Waals surface area contributed by atoms with E-state index in [2.05, 4.69) is 4.84 Å². The summed E-state index contributed by atoms with van der Waals surface area (Å²) in [5.74, 6) is 0.311. The van der Waals surface area contributed by atoms with Crippen LogP contribution >= 0.6 is 0 Å². The van der Waals surface area contributed by atoms with Gasteiger partial charge in [-0.3, -0.25) is 4.84 Å². The molecule has 1 aromatic carbocycles. The molecule has 0 saturated heterocycles. The summed E-state index contributed by atoms with van der Waals surface area (Å²) in [5.41, 5.74) is 5.96. The van der Waals surface area contributed by atoms with E-state index >= 15 is 0 Å². The highest BCUT2D eigenvalue weighted by Gasteiger charge is 2.21. The number of methoxy groups -OCH3 is 1. The van der Waals surface area contributed by atoms with E-state index < -0.39 is 10.0 Å². The summed E-state index contributed by atoms with van der Waals surface area (Å²) in [5, 5.41) is 0. The highest BCUT2D eigenvalue weighted by molar-refractivity contribution is 7.89. The van der Waals surface area contributed by atoms with Crippen molar-refractivity contribution in [3.8, 4) is 5.75 Å². The van der Waals surface area contributed by atoms with Crippen molar-refractivity contribution < 1.29 is 18.0 Å². The lowest BCUT2D eigenvalue weighted by Crippen LogP contribution is -2.25. The van der Waals surface area contributed by atoms with Gasteiger partial charge in [0.2, 0.25) is 0 Å². The van der Waals surface area contributed by atoms with E-state index in [1.807, 2.05) is 0 Å². The van der Waals surface area contributed by atoms with E-state index in [0.29, 0.717) is 11.4 Å². The maximum Gasteiger partial charge on any atom is 0.264 e. The van der Waals surface area contributed by atoms with Gasteiger partial charge in [-0.15, -0.1) is 0 Å². The molecule has 0 amide bonds. The first kappa shape index (κ1) is 12.8. The number of benzene rings is 1. The molecule has 0 heterocycles. The normalized spacial score (nSPS) is 11.8. The number of anilines is 1. The topological polar surface area (TPSA) is 81.9 Å². The van der Waals surface area contributed by atoms with Gasteiger partial charge in [-0.25, -0.2) is 8.42 Å². The Bertz CT molecular complexity index is 472. The van der Waals surface area contributed by atoms with Crippen LogP contribution in [0.3, 0.4) is 0 Å². The van der Waals surface area contributed by atoms with E-state index in [4.69, 9.17) is 10.5 Å². The molecule has 0 aromatic heterocycles. The van der Waals surface area contributed by atoms with Crippen molar-refractivity contribution in [3.63, 3.8) is 0 Å². The lowest BCUT2D eigenvalue weighted by Gasteiger charge is -2.15. The molecule has 0 unspecified atom stereocenters. The monoisotopic (exact) mass is 246 g/mol. The van der Waals surface area contributed by atoms with Crippen molar-refractivity contribution in [1.82, 2.24) is 4.47 Å². The summed E-state index contributed by atoms with van der Waals surface area (Å²) < 4.78 is 29.4. The van der Waals surface area contributed by atoms with Crippen LogP contribution in [0.25, 0.3) is 0 Å². The number of nitrogens with zero attached hydrogens (tertiary/aromatic N) is 1. The Kier molecular flexibility index (Phi) is 3.74. The Labute approximate surface area is 94.6 Å². The van der Waals surface area contributed by atoms with Gasteiger partial charge >= 0.3 is 0 Å². The number of rotatable bonds is 4. The molecule has 0 atom stereocenters. The van der Waals surface area contributed by atoms with Crippen LogP contribution in [-0.4, -0.2) is 34.2 Å². The summed E-state index contributed by atoms with van der Waals surface area (Å²) in [7, 11) is 0.330. The molecule has 0 aliphatic rings. The molecule has 0 aliphatic heterocycles. The third kappa shape index (κ3) is 2.26. The average Bonchev–Trinajstić information content (AvgIpc) is 2.28. The van der Waals surface area contributed by atoms with Gasteiger partial charge in [0.15, 0.2) is 0 Å². The minimum atomic E-state index is -3.66. The van der Waals surface area contributed by atoms with Crippen molar-refractivity contribution in [2.75, 3.05) is 27.0 Å². The van der Waals surface area contributed by atoms with E-state index in [-0.39, 0.29) is 4.90 Å². The molecular formula is C9H14N2O4S. The molecule has 6 nitrogen and oxygen atoms in total. The quantitative estimate of drug-likeness (QED) is 0.616. The summed E-state index contributed by atoms with van der Waals surface area (Å²) >= 11 is 0. The van der Waals surface area contributed by atoms with Gasteiger partial charge in [0, 0.05) is 13.1 Å². The van der Waals surface area contributed by atoms with Gasteiger partial charge in [-0.1, -0.05) is 4.47 Å². The zero-order valence-electron chi connectivity index (χ0n) is 9.30. The Morgan fingerprint density at radius 3 is 2.44 bits per heavy atom. The van der Waals surface area contributed by atoms with Gasteiger partial charge < -0.3 is 10.5 Å². The second kappa shape index (κ2) is 4.69. The van der Waals surface area contributed by atoms with Crippen LogP contribution < -0.4 is 10.5 Å². The first-order chi connectivity index (χ1) is 7.43. The first-order valence-electron chi connectivity index (χ1n) is 4.40. The largest absolute Gasteiger partial charge is 0.495 e. The second-order valence-corrected chi connectivity index (χ2v) is 4.94. The number of ether oxygens (including phenoxy) is 1. The van der Waals surface area contributed by atoms with Crippen molar-refractivity contribution in [1.29, 1.82) is 0 Å². The Balaban J connectivity index is 3.24. The molecular weight excluding hydrogens is 232 g/mol. The van der Waals surface area contributed by atoms with Crippen molar-refractivity contribution in [2.45, 2.75) is 4.90 Å². The lowest BCUT2D eigenvalue weighted by molar-refractivity contribution is -0.0258. The summed E-state index contributed by atoms with van der Waals surface area (Å²) in [6, 6.07) is 4.21. The highest BCUT2D eigenvalue weighted by atomic mass is 32.2. The fraction of sp³-hybridized carbons (Fsp3) is 0.333. The average molecular weight is 246 g/mol. The molecule has 1 rings (SSSR count). The van der Waals surface area contributed by atoms with E-state index in [9.17, 15) is 8.42 Å². The zero-order valence-corrected chi connectivity index (χ0v) is 10.1. The second-order valence-electron chi connectivity index (χ2n) is 3.00. The van der Waals surface area contributed by atoms with Gasteiger partial charge in [-0.2, -0.15) is 0 Å². The van der Waals surface area contributed by atoms with Crippen LogP contribution in [0.1, 0.15) is 0 Å². The van der Waals surface area contributed by atoms with Crippen molar-refractivity contribution in [3.05, 3.63) is 18.2 Å². The van der Waals surface area contributed by atoms with Gasteiger partial charge in [0.05, 0.1) is 24.8 Å². The third-order valence-electron chi connectivity index (χ3n) is 2.10. The molecule has 1 aromatic rings. The number of nitrogen functional groups attached to an aromatic ring is 1. The first-order valence-corrected chi connectivity index (χ1v) is 5.84. The van der Waals surface area contributed by atoms with Crippen molar-refractivity contribution in [2.24, 2.45) is 0 Å². The number of hydrogen-bond acceptors (Lipinski definition) is 5. The maximum absolute atomic E-state index is 11.8. The molecule has 16 heavy (non-hydrogen) atoms. The van der Waals surface area contributed by atoms with Crippen LogP contribution in [0.4, 0.5) is 5.69 Å². The van der Waals surface area contributed by atoms with Gasteiger partial charge in [-0.05, 0) is 12.1 Å². The molecule has 7 heteroatoms. The van der Waals surface area contributed by atoms with Crippen LogP contribution in [-0.2, 0) is 14.9 Å². The third-order valence-corrected chi connectivity index (χ3v) is 3.77. The SMILES string of the molecule is COc1cc(S(=O)(=O)N(C)OC)ccc1N. The van der Waals surface area contributed by atoms with Crippen LogP contribution in [0, 0.1) is 0 Å². The molecule has 0 aliphatic carbocycles. The molecule has 90 valence electrons. The number of sulfonamides is 1. The smallest absolute Gasteiger partial charge is 0.264 e. The zero-order chi connectivity index (χ0) is 12.3. The Hall–Kier alpha value is -1.31. The fourth-order valence-corrected chi connectivity index (χ4v) is 2.09. The number of nitrogens with two attached hydrogens (primary N) is 1. The minimum Gasteiger partial charge on any atom is -0.495 e. The highest BCUT2D eigenvalue weighted by Crippen LogP contribution is 2.26. The van der Waals surface area contributed by atoms with Crippen LogP contribution in [0.15, 0.2) is 23.1 Å². The van der Waals surface area contributed by atoms with E-state index in [1.165, 1.54) is 39.5 Å². The fourth-order valence-electron chi connectivity index (χ4n) is 1.10. The number of hydrogen-bond donors (Lipinski definition) is 1. The molecule has 0 fully saturated rings. The predicted molar refractivity (Wildman–Crippen MR) is 59.4 cm³/mol. The summed E-state index contributed by atoms with van der Waals surface area (Å²) in [4.78, 5) is 4.70. The Morgan fingerprint density at radius 1 is 1.31 bits per heavy atom. The molecule has 0 saturated carbocycles. The predicted octanol–water partition coefficient (Wildman–Crippen LogP) is 0.459. The van der Waals surface area contributed by atoms with Crippen LogP contribution in [0.5, 0.6) is 5.75 Å². The van der Waals surface area contributed by atoms with Gasteiger partial charge in [0.1, 0.15) is 5.75 Å². The number of hydroxylamine groups is 1. The molecule has 0 spiro atoms. The van der Waals surface area contributed by atoms with Gasteiger partial charge in [0.25, 0.3) is 10.0 Å². The Morgan fingerprint density at radius 2 is 1.94 bits per heavy atom. The van der Waals surface area contributed by atoms with Crippen molar-refractivity contribution >= 4 is 15.7 Å². The summed E-state index contributed by atoms with van der Waals surface area (Å²) in [6.45, 7) is 0. The molecule has 0 radical (unpaired) electrons. The standard InChI is InChI=1S/C9H14N2O4S/c1-11(15-3)16(12,13)7-4-5-8(10)9(6-7)14-2/h4-6H,10H2,1-3H3. The molecule has 2 N–H and O–H groups in total. The molecule has 0 bridgehead atoms. The minimum absolute atomic E-state index is 0.0582. The van der Waals surface area contributed by atoms with Crippen LogP contribution in [0.2, 0.25) is 0 Å².